The van der Waals surface area contributed by atoms with E-state index in [0.717, 1.165) is 0 Å². The van der Waals surface area contributed by atoms with Crippen LogP contribution in [0.1, 0.15) is 40.5 Å². The van der Waals surface area contributed by atoms with E-state index in [4.69, 9.17) is 14.6 Å². The average molecular weight is 316 g/mol. The van der Waals surface area contributed by atoms with E-state index in [2.05, 4.69) is 10.6 Å². The first-order valence-corrected chi connectivity index (χ1v) is 7.24. The molecule has 8 nitrogen and oxygen atoms in total. The molecule has 0 radical (unpaired) electrons. The van der Waals surface area contributed by atoms with Gasteiger partial charge in [0.15, 0.2) is 6.10 Å². The molecule has 1 fully saturated rings. The molecule has 0 spiro atoms. The van der Waals surface area contributed by atoms with Crippen LogP contribution in [-0.4, -0.2) is 53.5 Å². The minimum absolute atomic E-state index is 0.356. The molecule has 22 heavy (non-hydrogen) atoms. The van der Waals surface area contributed by atoms with Gasteiger partial charge in [0.1, 0.15) is 11.6 Å². The smallest absolute Gasteiger partial charge is 0.408 e. The molecule has 1 aliphatic rings. The average Bonchev–Trinajstić information content (AvgIpc) is 2.36. The topological polar surface area (TPSA) is 114 Å². The summed E-state index contributed by atoms with van der Waals surface area (Å²) in [6.45, 7) is 7.00. The lowest BCUT2D eigenvalue weighted by Crippen LogP contribution is -2.55. The number of amides is 2. The molecule has 0 aliphatic carbocycles. The van der Waals surface area contributed by atoms with Gasteiger partial charge in [0.25, 0.3) is 0 Å². The van der Waals surface area contributed by atoms with Crippen molar-refractivity contribution in [3.05, 3.63) is 0 Å². The Morgan fingerprint density at radius 1 is 1.32 bits per heavy atom. The van der Waals surface area contributed by atoms with Crippen LogP contribution in [0.3, 0.4) is 0 Å². The normalized spacial score (nSPS) is 23.3. The Morgan fingerprint density at radius 3 is 2.50 bits per heavy atom. The highest BCUT2D eigenvalue weighted by Crippen LogP contribution is 2.14. The van der Waals surface area contributed by atoms with E-state index < -0.39 is 41.8 Å². The van der Waals surface area contributed by atoms with Crippen molar-refractivity contribution >= 4 is 18.0 Å². The summed E-state index contributed by atoms with van der Waals surface area (Å²) in [4.78, 5) is 34.7. The molecule has 0 aromatic heterocycles. The monoisotopic (exact) mass is 316 g/mol. The molecule has 2 amide bonds. The van der Waals surface area contributed by atoms with Gasteiger partial charge >= 0.3 is 12.1 Å². The summed E-state index contributed by atoms with van der Waals surface area (Å²) >= 11 is 0. The van der Waals surface area contributed by atoms with Crippen LogP contribution >= 0.6 is 0 Å². The van der Waals surface area contributed by atoms with Crippen molar-refractivity contribution in [3.8, 4) is 0 Å². The molecule has 0 aromatic rings. The first-order chi connectivity index (χ1) is 10.1. The van der Waals surface area contributed by atoms with Gasteiger partial charge in [0.2, 0.25) is 5.91 Å². The van der Waals surface area contributed by atoms with Crippen LogP contribution in [0.2, 0.25) is 0 Å². The number of rotatable bonds is 4. The standard InChI is InChI=1S/C14H24N2O6/c1-8(15-13(20)22-14(2,3)4)11(17)16-9-6-5-7-21-10(9)12(18)19/h8-10H,5-7H2,1-4H3,(H,15,20)(H,16,17)(H,18,19)/t8-,9+,10+/m1/s1. The maximum atomic E-state index is 12.1. The van der Waals surface area contributed by atoms with Gasteiger partial charge in [-0.3, -0.25) is 4.79 Å². The lowest BCUT2D eigenvalue weighted by Gasteiger charge is -2.30. The van der Waals surface area contributed by atoms with E-state index in [1.807, 2.05) is 0 Å². The van der Waals surface area contributed by atoms with Gasteiger partial charge in [-0.2, -0.15) is 0 Å². The van der Waals surface area contributed by atoms with Crippen molar-refractivity contribution < 1.29 is 29.0 Å². The Hall–Kier alpha value is -1.83. The van der Waals surface area contributed by atoms with E-state index in [-0.39, 0.29) is 0 Å². The Bertz CT molecular complexity index is 432. The number of carboxylic acid groups (broad SMARTS) is 1. The summed E-state index contributed by atoms with van der Waals surface area (Å²) in [6.07, 6.45) is -0.582. The third-order valence-electron chi connectivity index (χ3n) is 3.02. The van der Waals surface area contributed by atoms with Crippen LogP contribution in [0.5, 0.6) is 0 Å². The maximum Gasteiger partial charge on any atom is 0.408 e. The van der Waals surface area contributed by atoms with Crippen molar-refractivity contribution in [3.63, 3.8) is 0 Å². The minimum Gasteiger partial charge on any atom is -0.479 e. The number of alkyl carbamates (subject to hydrolysis) is 1. The van der Waals surface area contributed by atoms with Gasteiger partial charge in [-0.05, 0) is 40.5 Å². The number of carbonyl (C=O) groups excluding carboxylic acids is 2. The van der Waals surface area contributed by atoms with E-state index >= 15 is 0 Å². The highest BCUT2D eigenvalue weighted by atomic mass is 16.6. The molecule has 0 unspecified atom stereocenters. The van der Waals surface area contributed by atoms with Crippen LogP contribution < -0.4 is 10.6 Å². The summed E-state index contributed by atoms with van der Waals surface area (Å²) in [7, 11) is 0. The molecular formula is C14H24N2O6. The second-order valence-corrected chi connectivity index (χ2v) is 6.25. The summed E-state index contributed by atoms with van der Waals surface area (Å²) < 4.78 is 10.2. The predicted molar refractivity (Wildman–Crippen MR) is 77.4 cm³/mol. The SMILES string of the molecule is C[C@@H](NC(=O)OC(C)(C)C)C(=O)N[C@H]1CCCO[C@@H]1C(=O)O. The van der Waals surface area contributed by atoms with Gasteiger partial charge in [-0.25, -0.2) is 9.59 Å². The zero-order valence-electron chi connectivity index (χ0n) is 13.3. The molecule has 1 rings (SSSR count). The second-order valence-electron chi connectivity index (χ2n) is 6.25. The first-order valence-electron chi connectivity index (χ1n) is 7.24. The number of hydrogen-bond donors (Lipinski definition) is 3. The number of carboxylic acids is 1. The van der Waals surface area contributed by atoms with Crippen molar-refractivity contribution in [2.45, 2.75) is 64.3 Å². The molecule has 1 aliphatic heterocycles. The summed E-state index contributed by atoms with van der Waals surface area (Å²) in [5.41, 5.74) is -0.661. The summed E-state index contributed by atoms with van der Waals surface area (Å²) in [6, 6.07) is -1.45. The molecule has 126 valence electrons. The van der Waals surface area contributed by atoms with Crippen molar-refractivity contribution in [1.29, 1.82) is 0 Å². The van der Waals surface area contributed by atoms with Crippen LogP contribution in [0.15, 0.2) is 0 Å². The fourth-order valence-electron chi connectivity index (χ4n) is 2.03. The third-order valence-corrected chi connectivity index (χ3v) is 3.02. The lowest BCUT2D eigenvalue weighted by atomic mass is 10.0. The molecule has 3 atom stereocenters. The molecule has 8 heteroatoms. The summed E-state index contributed by atoms with van der Waals surface area (Å²) in [5, 5.41) is 14.1. The zero-order valence-corrected chi connectivity index (χ0v) is 13.3. The fraction of sp³-hybridized carbons (Fsp3) is 0.786. The number of ether oxygens (including phenoxy) is 2. The predicted octanol–water partition coefficient (Wildman–Crippen LogP) is 0.648. The van der Waals surface area contributed by atoms with Crippen LogP contribution in [0, 0.1) is 0 Å². The Morgan fingerprint density at radius 2 is 1.95 bits per heavy atom. The van der Waals surface area contributed by atoms with Crippen LogP contribution in [-0.2, 0) is 19.1 Å². The molecule has 0 aromatic carbocycles. The number of nitrogens with one attached hydrogen (secondary N) is 2. The minimum atomic E-state index is -1.11. The van der Waals surface area contributed by atoms with E-state index in [9.17, 15) is 14.4 Å². The first kappa shape index (κ1) is 18.2. The van der Waals surface area contributed by atoms with Gasteiger partial charge in [-0.1, -0.05) is 0 Å². The highest BCUT2D eigenvalue weighted by Gasteiger charge is 2.34. The van der Waals surface area contributed by atoms with Crippen molar-refractivity contribution in [2.75, 3.05) is 6.61 Å². The largest absolute Gasteiger partial charge is 0.479 e. The molecule has 0 saturated carbocycles. The zero-order chi connectivity index (χ0) is 16.9. The van der Waals surface area contributed by atoms with E-state index in [1.165, 1.54) is 6.92 Å². The fourth-order valence-corrected chi connectivity index (χ4v) is 2.03. The van der Waals surface area contributed by atoms with Crippen LogP contribution in [0.25, 0.3) is 0 Å². The van der Waals surface area contributed by atoms with Gasteiger partial charge < -0.3 is 25.2 Å². The molecule has 3 N–H and O–H groups in total. The van der Waals surface area contributed by atoms with E-state index in [1.54, 1.807) is 20.8 Å². The second kappa shape index (κ2) is 7.44. The number of carbonyl (C=O) groups is 3. The van der Waals surface area contributed by atoms with Crippen molar-refractivity contribution in [1.82, 2.24) is 10.6 Å². The number of aliphatic carboxylic acids is 1. The quantitative estimate of drug-likeness (QED) is 0.701. The number of hydrogen-bond acceptors (Lipinski definition) is 5. The molecule has 1 heterocycles. The molecule has 1 saturated heterocycles. The summed E-state index contributed by atoms with van der Waals surface area (Å²) in [5.74, 6) is -1.59. The Balaban J connectivity index is 2.52. The Labute approximate surface area is 129 Å². The van der Waals surface area contributed by atoms with Crippen molar-refractivity contribution in [2.24, 2.45) is 0 Å². The lowest BCUT2D eigenvalue weighted by molar-refractivity contribution is -0.156. The van der Waals surface area contributed by atoms with Gasteiger partial charge in [-0.15, -0.1) is 0 Å². The van der Waals surface area contributed by atoms with E-state index in [0.29, 0.717) is 19.4 Å². The van der Waals surface area contributed by atoms with Gasteiger partial charge in [0, 0.05) is 6.61 Å². The van der Waals surface area contributed by atoms with Crippen LogP contribution in [0.4, 0.5) is 4.79 Å². The van der Waals surface area contributed by atoms with Gasteiger partial charge in [0.05, 0.1) is 6.04 Å². The Kier molecular flexibility index (Phi) is 6.16. The maximum absolute atomic E-state index is 12.1. The third kappa shape index (κ3) is 5.88. The molecular weight excluding hydrogens is 292 g/mol. The highest BCUT2D eigenvalue weighted by molar-refractivity contribution is 5.86. The molecule has 0 bridgehead atoms.